The Labute approximate surface area is 104 Å². The maximum absolute atomic E-state index is 11.8. The molecule has 0 aliphatic rings. The van der Waals surface area contributed by atoms with Crippen LogP contribution in [0.3, 0.4) is 0 Å². The highest BCUT2D eigenvalue weighted by Gasteiger charge is 2.18. The van der Waals surface area contributed by atoms with E-state index < -0.39 is 0 Å². The molecule has 86 valence electrons. The van der Waals surface area contributed by atoms with Gasteiger partial charge in [-0.1, -0.05) is 29.3 Å². The van der Waals surface area contributed by atoms with Crippen molar-refractivity contribution in [3.05, 3.63) is 39.7 Å². The van der Waals surface area contributed by atoms with Crippen molar-refractivity contribution < 1.29 is 4.79 Å². The monoisotopic (exact) mass is 258 g/mol. The molecule has 16 heavy (non-hydrogen) atoms. The van der Waals surface area contributed by atoms with Crippen LogP contribution < -0.4 is 5.32 Å². The fourth-order valence-corrected chi connectivity index (χ4v) is 1.80. The summed E-state index contributed by atoms with van der Waals surface area (Å²) in [6.07, 6.45) is 1.59. The molecule has 0 bridgehead atoms. The van der Waals surface area contributed by atoms with Gasteiger partial charge in [0.1, 0.15) is 5.15 Å². The van der Waals surface area contributed by atoms with E-state index in [0.717, 1.165) is 0 Å². The van der Waals surface area contributed by atoms with E-state index in [4.69, 9.17) is 23.2 Å². The van der Waals surface area contributed by atoms with Crippen molar-refractivity contribution in [1.29, 1.82) is 0 Å². The second-order valence-electron chi connectivity index (χ2n) is 3.30. The molecule has 1 heterocycles. The van der Waals surface area contributed by atoms with Crippen molar-refractivity contribution in [3.8, 4) is 0 Å². The van der Waals surface area contributed by atoms with Crippen LogP contribution in [0.1, 0.15) is 21.6 Å². The Hall–Kier alpha value is -1.06. The number of aryl methyl sites for hydroxylation is 1. The molecule has 1 N–H and O–H groups in total. The molecule has 5 heteroatoms. The summed E-state index contributed by atoms with van der Waals surface area (Å²) in [5.74, 6) is -0.295. The normalized spacial score (nSPS) is 10.0. The number of halogens is 2. The van der Waals surface area contributed by atoms with Crippen molar-refractivity contribution in [2.45, 2.75) is 13.8 Å². The highest BCUT2D eigenvalue weighted by atomic mass is 35.5. The number of hydrogen-bond donors (Lipinski definition) is 1. The van der Waals surface area contributed by atoms with Crippen LogP contribution in [-0.4, -0.2) is 17.4 Å². The van der Waals surface area contributed by atoms with Gasteiger partial charge in [-0.3, -0.25) is 4.79 Å². The fraction of sp³-hybridized carbons (Fsp3) is 0.273. The van der Waals surface area contributed by atoms with Crippen LogP contribution in [0, 0.1) is 13.8 Å². The van der Waals surface area contributed by atoms with Crippen molar-refractivity contribution in [2.24, 2.45) is 0 Å². The van der Waals surface area contributed by atoms with E-state index >= 15 is 0 Å². The van der Waals surface area contributed by atoms with Crippen LogP contribution >= 0.6 is 23.2 Å². The second kappa shape index (κ2) is 5.32. The molecule has 0 radical (unpaired) electrons. The molecule has 0 aliphatic carbocycles. The molecular formula is C11H12Cl2N2O. The highest BCUT2D eigenvalue weighted by molar-refractivity contribution is 6.35. The summed E-state index contributed by atoms with van der Waals surface area (Å²) >= 11 is 11.9. The SMILES string of the molecule is C=CCNC(=O)c1c(Cl)nc(C)c(Cl)c1C. The molecule has 0 aromatic carbocycles. The van der Waals surface area contributed by atoms with Crippen LogP contribution in [0.15, 0.2) is 12.7 Å². The van der Waals surface area contributed by atoms with Crippen molar-refractivity contribution in [3.63, 3.8) is 0 Å². The summed E-state index contributed by atoms with van der Waals surface area (Å²) in [7, 11) is 0. The first-order valence-electron chi connectivity index (χ1n) is 4.70. The molecule has 0 unspecified atom stereocenters. The number of carbonyl (C=O) groups excluding carboxylic acids is 1. The Bertz CT molecular complexity index is 444. The lowest BCUT2D eigenvalue weighted by Gasteiger charge is -2.10. The van der Waals surface area contributed by atoms with Gasteiger partial charge >= 0.3 is 0 Å². The first-order chi connectivity index (χ1) is 7.49. The molecule has 3 nitrogen and oxygen atoms in total. The Morgan fingerprint density at radius 2 is 2.12 bits per heavy atom. The smallest absolute Gasteiger partial charge is 0.254 e. The quantitative estimate of drug-likeness (QED) is 0.669. The zero-order valence-corrected chi connectivity index (χ0v) is 10.6. The van der Waals surface area contributed by atoms with Crippen LogP contribution in [-0.2, 0) is 0 Å². The third kappa shape index (κ3) is 2.54. The number of rotatable bonds is 3. The highest BCUT2D eigenvalue weighted by Crippen LogP contribution is 2.26. The summed E-state index contributed by atoms with van der Waals surface area (Å²) in [4.78, 5) is 15.8. The summed E-state index contributed by atoms with van der Waals surface area (Å²) in [6.45, 7) is 7.37. The van der Waals surface area contributed by atoms with Crippen molar-refractivity contribution >= 4 is 29.1 Å². The fourth-order valence-electron chi connectivity index (χ4n) is 1.31. The van der Waals surface area contributed by atoms with Gasteiger partial charge in [-0.05, 0) is 19.4 Å². The third-order valence-corrected chi connectivity index (χ3v) is 2.96. The van der Waals surface area contributed by atoms with Crippen LogP contribution in [0.5, 0.6) is 0 Å². The molecule has 1 rings (SSSR count). The molecule has 0 spiro atoms. The first-order valence-corrected chi connectivity index (χ1v) is 5.46. The Kier molecular flexibility index (Phi) is 4.33. The van der Waals surface area contributed by atoms with E-state index in [1.807, 2.05) is 0 Å². The summed E-state index contributed by atoms with van der Waals surface area (Å²) in [6, 6.07) is 0. The Morgan fingerprint density at radius 1 is 1.50 bits per heavy atom. The summed E-state index contributed by atoms with van der Waals surface area (Å²) in [5, 5.41) is 3.27. The summed E-state index contributed by atoms with van der Waals surface area (Å²) < 4.78 is 0. The molecule has 0 saturated carbocycles. The first kappa shape index (κ1) is 13.0. The molecule has 0 saturated heterocycles. The number of hydrogen-bond acceptors (Lipinski definition) is 2. The van der Waals surface area contributed by atoms with E-state index in [0.29, 0.717) is 28.4 Å². The average molecular weight is 259 g/mol. The number of aromatic nitrogens is 1. The zero-order valence-electron chi connectivity index (χ0n) is 9.10. The predicted octanol–water partition coefficient (Wildman–Crippen LogP) is 2.92. The van der Waals surface area contributed by atoms with Gasteiger partial charge in [0.15, 0.2) is 0 Å². The standard InChI is InChI=1S/C11H12Cl2N2O/c1-4-5-14-11(16)8-6(2)9(12)7(3)15-10(8)13/h4H,1,5H2,2-3H3,(H,14,16). The predicted molar refractivity (Wildman–Crippen MR) is 66.3 cm³/mol. The van der Waals surface area contributed by atoms with Crippen molar-refractivity contribution in [2.75, 3.05) is 6.54 Å². The number of amides is 1. The van der Waals surface area contributed by atoms with Gasteiger partial charge in [-0.25, -0.2) is 4.98 Å². The van der Waals surface area contributed by atoms with Gasteiger partial charge < -0.3 is 5.32 Å². The topological polar surface area (TPSA) is 42.0 Å². The second-order valence-corrected chi connectivity index (χ2v) is 4.04. The molecule has 1 aromatic rings. The Morgan fingerprint density at radius 3 is 2.69 bits per heavy atom. The maximum atomic E-state index is 11.8. The van der Waals surface area contributed by atoms with E-state index in [1.165, 1.54) is 0 Å². The van der Waals surface area contributed by atoms with Crippen molar-refractivity contribution in [1.82, 2.24) is 10.3 Å². The van der Waals surface area contributed by atoms with Gasteiger partial charge in [-0.2, -0.15) is 0 Å². The maximum Gasteiger partial charge on any atom is 0.254 e. The lowest BCUT2D eigenvalue weighted by Crippen LogP contribution is -2.25. The molecule has 0 atom stereocenters. The average Bonchev–Trinajstić information content (AvgIpc) is 2.23. The van der Waals surface area contributed by atoms with Crippen LogP contribution in [0.2, 0.25) is 10.2 Å². The molecule has 0 aliphatic heterocycles. The molecule has 0 fully saturated rings. The van der Waals surface area contributed by atoms with E-state index in [2.05, 4.69) is 16.9 Å². The Balaban J connectivity index is 3.18. The molecule has 1 aromatic heterocycles. The van der Waals surface area contributed by atoms with Gasteiger partial charge in [0.25, 0.3) is 5.91 Å². The van der Waals surface area contributed by atoms with Gasteiger partial charge in [0.05, 0.1) is 16.3 Å². The third-order valence-electron chi connectivity index (χ3n) is 2.13. The van der Waals surface area contributed by atoms with Gasteiger partial charge in [-0.15, -0.1) is 6.58 Å². The van der Waals surface area contributed by atoms with Gasteiger partial charge in [0.2, 0.25) is 0 Å². The number of carbonyl (C=O) groups is 1. The minimum Gasteiger partial charge on any atom is -0.348 e. The van der Waals surface area contributed by atoms with Crippen LogP contribution in [0.25, 0.3) is 0 Å². The van der Waals surface area contributed by atoms with Gasteiger partial charge in [0, 0.05) is 6.54 Å². The number of nitrogens with one attached hydrogen (secondary N) is 1. The van der Waals surface area contributed by atoms with E-state index in [9.17, 15) is 4.79 Å². The van der Waals surface area contributed by atoms with E-state index in [-0.39, 0.29) is 11.1 Å². The van der Waals surface area contributed by atoms with E-state index in [1.54, 1.807) is 19.9 Å². The minimum absolute atomic E-state index is 0.168. The number of nitrogens with zero attached hydrogens (tertiary/aromatic N) is 1. The number of pyridine rings is 1. The lowest BCUT2D eigenvalue weighted by atomic mass is 10.1. The zero-order chi connectivity index (χ0) is 12.3. The molecular weight excluding hydrogens is 247 g/mol. The minimum atomic E-state index is -0.295. The van der Waals surface area contributed by atoms with Crippen LogP contribution in [0.4, 0.5) is 0 Å². The molecule has 1 amide bonds. The largest absolute Gasteiger partial charge is 0.348 e. The lowest BCUT2D eigenvalue weighted by molar-refractivity contribution is 0.0957. The summed E-state index contributed by atoms with van der Waals surface area (Å²) in [5.41, 5.74) is 1.57.